The molecule has 1 aliphatic carbocycles. The number of aromatic nitrogens is 3. The minimum absolute atomic E-state index is 0.381. The van der Waals surface area contributed by atoms with Crippen molar-refractivity contribution in [3.63, 3.8) is 0 Å². The Morgan fingerprint density at radius 3 is 2.62 bits per heavy atom. The molecule has 112 valence electrons. The van der Waals surface area contributed by atoms with Crippen molar-refractivity contribution in [1.29, 1.82) is 0 Å². The van der Waals surface area contributed by atoms with Gasteiger partial charge >= 0.3 is 0 Å². The summed E-state index contributed by atoms with van der Waals surface area (Å²) in [5.41, 5.74) is 1.14. The number of rotatable bonds is 5. The Bertz CT molecular complexity index is 650. The van der Waals surface area contributed by atoms with Crippen LogP contribution in [0.2, 0.25) is 10.0 Å². The summed E-state index contributed by atoms with van der Waals surface area (Å²) in [5.74, 6) is 2.56. The Morgan fingerprint density at radius 2 is 2.00 bits per heavy atom. The van der Waals surface area contributed by atoms with E-state index in [0.29, 0.717) is 22.0 Å². The lowest BCUT2D eigenvalue weighted by Gasteiger charge is -2.13. The number of halogens is 2. The van der Waals surface area contributed by atoms with Crippen molar-refractivity contribution in [3.05, 3.63) is 39.6 Å². The van der Waals surface area contributed by atoms with Crippen molar-refractivity contribution in [2.24, 2.45) is 0 Å². The monoisotopic (exact) mass is 341 g/mol. The summed E-state index contributed by atoms with van der Waals surface area (Å²) in [6, 6.07) is 6.13. The molecule has 0 radical (unpaired) electrons. The Hall–Kier alpha value is -0.710. The van der Waals surface area contributed by atoms with Gasteiger partial charge < -0.3 is 4.57 Å². The van der Waals surface area contributed by atoms with Gasteiger partial charge in [-0.1, -0.05) is 41.0 Å². The normalized spacial score (nSPS) is 14.9. The Balaban J connectivity index is 1.77. The van der Waals surface area contributed by atoms with Crippen molar-refractivity contribution < 1.29 is 0 Å². The highest BCUT2D eigenvalue weighted by Crippen LogP contribution is 2.41. The summed E-state index contributed by atoms with van der Waals surface area (Å²) in [7, 11) is 0. The van der Waals surface area contributed by atoms with Gasteiger partial charge in [0.1, 0.15) is 5.82 Å². The lowest BCUT2D eigenvalue weighted by atomic mass is 10.2. The van der Waals surface area contributed by atoms with Gasteiger partial charge in [-0.2, -0.15) is 0 Å². The predicted molar refractivity (Wildman–Crippen MR) is 88.4 cm³/mol. The molecule has 0 bridgehead atoms. The standard InChI is InChI=1S/C15H17Cl2N3S/c1-9(2)20-14(11-4-5-11)18-19-15(20)21-8-10-3-6-12(16)13(17)7-10/h3,6-7,9,11H,4-5,8H2,1-2H3. The zero-order chi connectivity index (χ0) is 15.0. The van der Waals surface area contributed by atoms with Crippen LogP contribution in [0.3, 0.4) is 0 Å². The van der Waals surface area contributed by atoms with E-state index in [-0.39, 0.29) is 0 Å². The second-order valence-corrected chi connectivity index (χ2v) is 7.37. The molecule has 21 heavy (non-hydrogen) atoms. The fourth-order valence-corrected chi connectivity index (χ4v) is 3.61. The Morgan fingerprint density at radius 1 is 1.24 bits per heavy atom. The third kappa shape index (κ3) is 3.38. The first-order valence-electron chi connectivity index (χ1n) is 7.07. The number of thioether (sulfide) groups is 1. The van der Waals surface area contributed by atoms with Crippen LogP contribution >= 0.6 is 35.0 Å². The summed E-state index contributed by atoms with van der Waals surface area (Å²) in [4.78, 5) is 0. The van der Waals surface area contributed by atoms with E-state index in [0.717, 1.165) is 22.3 Å². The van der Waals surface area contributed by atoms with E-state index in [2.05, 4.69) is 28.6 Å². The summed E-state index contributed by atoms with van der Waals surface area (Å²) < 4.78 is 2.26. The van der Waals surface area contributed by atoms with E-state index >= 15 is 0 Å². The average Bonchev–Trinajstić information content (AvgIpc) is 3.20. The molecule has 1 aliphatic rings. The van der Waals surface area contributed by atoms with Gasteiger partial charge in [-0.05, 0) is 44.4 Å². The van der Waals surface area contributed by atoms with E-state index in [4.69, 9.17) is 23.2 Å². The number of hydrogen-bond acceptors (Lipinski definition) is 3. The smallest absolute Gasteiger partial charge is 0.191 e. The van der Waals surface area contributed by atoms with Crippen LogP contribution in [0, 0.1) is 0 Å². The van der Waals surface area contributed by atoms with Crippen molar-refractivity contribution in [1.82, 2.24) is 14.8 Å². The molecule has 1 fully saturated rings. The topological polar surface area (TPSA) is 30.7 Å². The second kappa shape index (κ2) is 6.19. The lowest BCUT2D eigenvalue weighted by molar-refractivity contribution is 0.526. The molecular weight excluding hydrogens is 325 g/mol. The van der Waals surface area contributed by atoms with E-state index in [1.54, 1.807) is 11.8 Å². The molecule has 2 aromatic rings. The second-order valence-electron chi connectivity index (χ2n) is 5.62. The molecule has 3 rings (SSSR count). The van der Waals surface area contributed by atoms with Crippen molar-refractivity contribution in [3.8, 4) is 0 Å². The first kappa shape index (κ1) is 15.2. The highest BCUT2D eigenvalue weighted by atomic mass is 35.5. The summed E-state index contributed by atoms with van der Waals surface area (Å²) >= 11 is 13.7. The van der Waals surface area contributed by atoms with Crippen LogP contribution in [0.4, 0.5) is 0 Å². The van der Waals surface area contributed by atoms with Crippen LogP contribution in [-0.4, -0.2) is 14.8 Å². The van der Waals surface area contributed by atoms with E-state index < -0.39 is 0 Å². The van der Waals surface area contributed by atoms with Gasteiger partial charge in [-0.3, -0.25) is 0 Å². The highest BCUT2D eigenvalue weighted by Gasteiger charge is 2.31. The van der Waals surface area contributed by atoms with E-state index in [1.807, 2.05) is 18.2 Å². The van der Waals surface area contributed by atoms with Gasteiger partial charge in [-0.15, -0.1) is 10.2 Å². The van der Waals surface area contributed by atoms with Crippen LogP contribution in [0.15, 0.2) is 23.4 Å². The Kier molecular flexibility index (Phi) is 4.48. The van der Waals surface area contributed by atoms with Crippen LogP contribution in [0.25, 0.3) is 0 Å². The average molecular weight is 342 g/mol. The van der Waals surface area contributed by atoms with Crippen molar-refractivity contribution in [2.75, 3.05) is 0 Å². The van der Waals surface area contributed by atoms with Gasteiger partial charge in [0.15, 0.2) is 5.16 Å². The third-order valence-electron chi connectivity index (χ3n) is 3.50. The van der Waals surface area contributed by atoms with Crippen molar-refractivity contribution in [2.45, 2.75) is 49.6 Å². The molecule has 1 saturated carbocycles. The summed E-state index contributed by atoms with van der Waals surface area (Å²) in [6.45, 7) is 4.36. The zero-order valence-corrected chi connectivity index (χ0v) is 14.3. The minimum Gasteiger partial charge on any atom is -0.303 e. The molecule has 1 heterocycles. The van der Waals surface area contributed by atoms with E-state index in [1.165, 1.54) is 12.8 Å². The lowest BCUT2D eigenvalue weighted by Crippen LogP contribution is -2.07. The number of hydrogen-bond donors (Lipinski definition) is 0. The fourth-order valence-electron chi connectivity index (χ4n) is 2.27. The van der Waals surface area contributed by atoms with Gasteiger partial charge in [0.2, 0.25) is 0 Å². The van der Waals surface area contributed by atoms with Gasteiger partial charge in [0, 0.05) is 17.7 Å². The molecule has 0 spiro atoms. The van der Waals surface area contributed by atoms with Crippen LogP contribution in [0.5, 0.6) is 0 Å². The molecule has 0 amide bonds. The zero-order valence-electron chi connectivity index (χ0n) is 12.0. The summed E-state index contributed by atoms with van der Waals surface area (Å²) in [5, 5.41) is 10.9. The number of benzene rings is 1. The fraction of sp³-hybridized carbons (Fsp3) is 0.467. The maximum absolute atomic E-state index is 6.06. The minimum atomic E-state index is 0.381. The predicted octanol–water partition coefficient (Wildman–Crippen LogP) is 5.34. The van der Waals surface area contributed by atoms with Gasteiger partial charge in [0.25, 0.3) is 0 Å². The highest BCUT2D eigenvalue weighted by molar-refractivity contribution is 7.98. The maximum atomic E-state index is 6.06. The first-order chi connectivity index (χ1) is 10.1. The Labute approximate surface area is 139 Å². The molecule has 0 atom stereocenters. The van der Waals surface area contributed by atoms with Gasteiger partial charge in [-0.25, -0.2) is 0 Å². The molecular formula is C15H17Cl2N3S. The molecule has 0 unspecified atom stereocenters. The first-order valence-corrected chi connectivity index (χ1v) is 8.82. The van der Waals surface area contributed by atoms with E-state index in [9.17, 15) is 0 Å². The molecule has 0 N–H and O–H groups in total. The molecule has 1 aromatic carbocycles. The summed E-state index contributed by atoms with van der Waals surface area (Å²) in [6.07, 6.45) is 2.48. The van der Waals surface area contributed by atoms with Crippen LogP contribution < -0.4 is 0 Å². The van der Waals surface area contributed by atoms with Gasteiger partial charge in [0.05, 0.1) is 10.0 Å². The molecule has 0 saturated heterocycles. The number of nitrogens with zero attached hydrogens (tertiary/aromatic N) is 3. The third-order valence-corrected chi connectivity index (χ3v) is 5.25. The molecule has 0 aliphatic heterocycles. The molecule has 1 aromatic heterocycles. The molecule has 3 nitrogen and oxygen atoms in total. The van der Waals surface area contributed by atoms with Crippen LogP contribution in [0.1, 0.15) is 50.0 Å². The van der Waals surface area contributed by atoms with Crippen LogP contribution in [-0.2, 0) is 5.75 Å². The largest absolute Gasteiger partial charge is 0.303 e. The SMILES string of the molecule is CC(C)n1c(SCc2ccc(Cl)c(Cl)c2)nnc1C1CC1. The molecule has 6 heteroatoms. The van der Waals surface area contributed by atoms with Crippen molar-refractivity contribution >= 4 is 35.0 Å². The quantitative estimate of drug-likeness (QED) is 0.688. The maximum Gasteiger partial charge on any atom is 0.191 e.